The molecule has 1 aliphatic rings. The summed E-state index contributed by atoms with van der Waals surface area (Å²) in [6, 6.07) is 18.9. The van der Waals surface area contributed by atoms with Crippen LogP contribution in [-0.2, 0) is 9.59 Å². The zero-order valence-electron chi connectivity index (χ0n) is 16.4. The summed E-state index contributed by atoms with van der Waals surface area (Å²) >= 11 is 3.34. The van der Waals surface area contributed by atoms with Crippen molar-refractivity contribution in [1.82, 2.24) is 0 Å². The van der Waals surface area contributed by atoms with Crippen LogP contribution in [0.3, 0.4) is 0 Å². The zero-order chi connectivity index (χ0) is 22.1. The lowest BCUT2D eigenvalue weighted by Crippen LogP contribution is -2.29. The number of aliphatic hydroxyl groups is 1. The number of aliphatic hydroxyl groups excluding tert-OH is 1. The molecule has 0 radical (unpaired) electrons. The van der Waals surface area contributed by atoms with Gasteiger partial charge in [-0.05, 0) is 54.1 Å². The average Bonchev–Trinajstić information content (AvgIpc) is 3.04. The molecule has 31 heavy (non-hydrogen) atoms. The van der Waals surface area contributed by atoms with Crippen LogP contribution in [-0.4, -0.2) is 29.0 Å². The van der Waals surface area contributed by atoms with Crippen molar-refractivity contribution in [3.63, 3.8) is 0 Å². The van der Waals surface area contributed by atoms with Gasteiger partial charge in [0.1, 0.15) is 17.3 Å². The van der Waals surface area contributed by atoms with E-state index >= 15 is 0 Å². The van der Waals surface area contributed by atoms with Crippen molar-refractivity contribution in [2.24, 2.45) is 0 Å². The second-order valence-corrected chi connectivity index (χ2v) is 7.88. The third kappa shape index (κ3) is 3.80. The highest BCUT2D eigenvalue weighted by Crippen LogP contribution is 2.43. The molecule has 3 aromatic carbocycles. The molecule has 0 bridgehead atoms. The number of carbonyl (C=O) groups is 2. The van der Waals surface area contributed by atoms with Crippen LogP contribution in [0.15, 0.2) is 82.8 Å². The summed E-state index contributed by atoms with van der Waals surface area (Å²) in [5.41, 5.74) is 1.31. The molecule has 1 aliphatic heterocycles. The highest BCUT2D eigenvalue weighted by atomic mass is 79.9. The number of amides is 1. The molecule has 4 rings (SSSR count). The fourth-order valence-electron chi connectivity index (χ4n) is 3.62. The number of phenolic OH excluding ortho intramolecular Hbond substituents is 1. The average molecular weight is 480 g/mol. The molecule has 6 nitrogen and oxygen atoms in total. The van der Waals surface area contributed by atoms with E-state index in [1.165, 1.54) is 24.1 Å². The zero-order valence-corrected chi connectivity index (χ0v) is 18.0. The fraction of sp³-hybridized carbons (Fsp3) is 0.0833. The number of rotatable bonds is 4. The summed E-state index contributed by atoms with van der Waals surface area (Å²) in [5.74, 6) is -1.26. The maximum absolute atomic E-state index is 13.1. The molecular weight excluding hydrogens is 462 g/mol. The first-order chi connectivity index (χ1) is 14.9. The summed E-state index contributed by atoms with van der Waals surface area (Å²) < 4.78 is 5.99. The summed E-state index contributed by atoms with van der Waals surface area (Å²) in [5, 5.41) is 21.0. The first kappa shape index (κ1) is 20.7. The third-order valence-electron chi connectivity index (χ3n) is 5.10. The number of benzene rings is 3. The highest BCUT2D eigenvalue weighted by molar-refractivity contribution is 9.10. The molecule has 1 saturated heterocycles. The smallest absolute Gasteiger partial charge is 0.300 e. The number of hydrogen-bond acceptors (Lipinski definition) is 5. The predicted octanol–water partition coefficient (Wildman–Crippen LogP) is 4.79. The van der Waals surface area contributed by atoms with Crippen LogP contribution in [0.25, 0.3) is 5.76 Å². The summed E-state index contributed by atoms with van der Waals surface area (Å²) in [6.45, 7) is 0. The largest absolute Gasteiger partial charge is 0.508 e. The van der Waals surface area contributed by atoms with E-state index in [0.29, 0.717) is 22.6 Å². The predicted molar refractivity (Wildman–Crippen MR) is 120 cm³/mol. The van der Waals surface area contributed by atoms with E-state index in [1.807, 2.05) is 0 Å². The summed E-state index contributed by atoms with van der Waals surface area (Å²) in [7, 11) is 1.53. The van der Waals surface area contributed by atoms with E-state index in [1.54, 1.807) is 60.7 Å². The van der Waals surface area contributed by atoms with Crippen LogP contribution in [0.2, 0.25) is 0 Å². The normalized spacial score (nSPS) is 17.7. The maximum atomic E-state index is 13.1. The number of carbonyl (C=O) groups excluding carboxylic acids is 2. The van der Waals surface area contributed by atoms with Gasteiger partial charge in [-0.1, -0.05) is 40.2 Å². The topological polar surface area (TPSA) is 87.1 Å². The van der Waals surface area contributed by atoms with Gasteiger partial charge in [-0.3, -0.25) is 14.5 Å². The molecule has 0 aromatic heterocycles. The molecule has 0 aliphatic carbocycles. The molecule has 1 amide bonds. The van der Waals surface area contributed by atoms with E-state index in [4.69, 9.17) is 4.74 Å². The Balaban J connectivity index is 1.92. The molecule has 156 valence electrons. The number of nitrogens with zero attached hydrogens (tertiary/aromatic N) is 1. The molecule has 1 heterocycles. The van der Waals surface area contributed by atoms with Crippen molar-refractivity contribution >= 4 is 39.1 Å². The summed E-state index contributed by atoms with van der Waals surface area (Å²) in [6.07, 6.45) is 0. The Morgan fingerprint density at radius 3 is 2.29 bits per heavy atom. The van der Waals surface area contributed by atoms with Gasteiger partial charge >= 0.3 is 0 Å². The molecule has 7 heteroatoms. The Kier molecular flexibility index (Phi) is 5.52. The van der Waals surface area contributed by atoms with Gasteiger partial charge in [0, 0.05) is 15.7 Å². The number of ketones is 1. The van der Waals surface area contributed by atoms with Crippen LogP contribution in [0.4, 0.5) is 5.69 Å². The Bertz CT molecular complexity index is 1190. The molecule has 0 saturated carbocycles. The summed E-state index contributed by atoms with van der Waals surface area (Å²) in [4.78, 5) is 27.4. The first-order valence-corrected chi connectivity index (χ1v) is 10.2. The van der Waals surface area contributed by atoms with Crippen molar-refractivity contribution in [2.45, 2.75) is 6.04 Å². The third-order valence-corrected chi connectivity index (χ3v) is 5.63. The maximum Gasteiger partial charge on any atom is 0.300 e. The molecule has 2 N–H and O–H groups in total. The van der Waals surface area contributed by atoms with E-state index in [2.05, 4.69) is 15.9 Å². The van der Waals surface area contributed by atoms with Crippen molar-refractivity contribution in [1.29, 1.82) is 0 Å². The Hall–Kier alpha value is -3.58. The number of halogens is 1. The minimum atomic E-state index is -0.913. The van der Waals surface area contributed by atoms with Crippen LogP contribution in [0.5, 0.6) is 11.5 Å². The SMILES string of the molecule is COc1ccc(N2C(=O)C(=O)/C(=C(\O)c3ccc(Br)cc3)C2c2cccc(O)c2)cc1. The molecule has 1 unspecified atom stereocenters. The monoisotopic (exact) mass is 479 g/mol. The van der Waals surface area contributed by atoms with Crippen LogP contribution in [0.1, 0.15) is 17.2 Å². The second kappa shape index (κ2) is 8.28. The fourth-order valence-corrected chi connectivity index (χ4v) is 3.88. The van der Waals surface area contributed by atoms with Gasteiger partial charge in [0.25, 0.3) is 11.7 Å². The molecule has 1 atom stereocenters. The number of methoxy groups -OCH3 is 1. The number of ether oxygens (including phenoxy) is 1. The number of phenols is 1. The van der Waals surface area contributed by atoms with E-state index in [-0.39, 0.29) is 17.1 Å². The lowest BCUT2D eigenvalue weighted by atomic mass is 9.95. The van der Waals surface area contributed by atoms with Crippen molar-refractivity contribution < 1.29 is 24.5 Å². The van der Waals surface area contributed by atoms with Gasteiger partial charge in [-0.15, -0.1) is 0 Å². The van der Waals surface area contributed by atoms with Gasteiger partial charge in [0.15, 0.2) is 0 Å². The van der Waals surface area contributed by atoms with E-state index in [0.717, 1.165) is 4.47 Å². The van der Waals surface area contributed by atoms with E-state index < -0.39 is 17.7 Å². The quantitative estimate of drug-likeness (QED) is 0.319. The number of anilines is 1. The highest BCUT2D eigenvalue weighted by Gasteiger charge is 2.47. The van der Waals surface area contributed by atoms with Crippen LogP contribution < -0.4 is 9.64 Å². The Labute approximate surface area is 187 Å². The van der Waals surface area contributed by atoms with Crippen LogP contribution >= 0.6 is 15.9 Å². The standard InChI is InChI=1S/C24H18BrNO5/c1-31-19-11-9-17(10-12-19)26-21(15-3-2-4-18(27)13-15)20(23(29)24(26)30)22(28)14-5-7-16(25)8-6-14/h2-13,21,27-28H,1H3/b22-20-. The van der Waals surface area contributed by atoms with Crippen molar-refractivity contribution in [3.8, 4) is 11.5 Å². The molecule has 1 fully saturated rings. The van der Waals surface area contributed by atoms with E-state index in [9.17, 15) is 19.8 Å². The minimum absolute atomic E-state index is 0.0125. The first-order valence-electron chi connectivity index (χ1n) is 9.40. The number of Topliss-reactive ketones (excluding diaryl/α,β-unsaturated/α-hetero) is 1. The van der Waals surface area contributed by atoms with Crippen LogP contribution in [0, 0.1) is 0 Å². The van der Waals surface area contributed by atoms with Crippen molar-refractivity contribution in [2.75, 3.05) is 12.0 Å². The van der Waals surface area contributed by atoms with Gasteiger partial charge in [0.2, 0.25) is 0 Å². The molecule has 3 aromatic rings. The van der Waals surface area contributed by atoms with Gasteiger partial charge in [0.05, 0.1) is 18.7 Å². The Morgan fingerprint density at radius 1 is 1.00 bits per heavy atom. The lowest BCUT2D eigenvalue weighted by molar-refractivity contribution is -0.132. The second-order valence-electron chi connectivity index (χ2n) is 6.97. The molecular formula is C24H18BrNO5. The number of hydrogen-bond donors (Lipinski definition) is 2. The minimum Gasteiger partial charge on any atom is -0.508 e. The lowest BCUT2D eigenvalue weighted by Gasteiger charge is -2.25. The van der Waals surface area contributed by atoms with Gasteiger partial charge < -0.3 is 14.9 Å². The molecule has 0 spiro atoms. The van der Waals surface area contributed by atoms with Gasteiger partial charge in [-0.25, -0.2) is 0 Å². The number of aromatic hydroxyl groups is 1. The van der Waals surface area contributed by atoms with Gasteiger partial charge in [-0.2, -0.15) is 0 Å². The van der Waals surface area contributed by atoms with Crippen molar-refractivity contribution in [3.05, 3.63) is 94.0 Å². The Morgan fingerprint density at radius 2 is 1.68 bits per heavy atom.